The average molecular weight is 414 g/mol. The van der Waals surface area contributed by atoms with Crippen molar-refractivity contribution >= 4 is 11.9 Å². The van der Waals surface area contributed by atoms with Gasteiger partial charge in [-0.3, -0.25) is 14.8 Å². The number of amides is 1. The maximum atomic E-state index is 12.7. The van der Waals surface area contributed by atoms with Crippen molar-refractivity contribution in [2.75, 3.05) is 33.7 Å². The molecule has 2 aromatic rings. The van der Waals surface area contributed by atoms with Crippen LogP contribution in [0.4, 0.5) is 0 Å². The molecule has 9 heteroatoms. The largest absolute Gasteiger partial charge is 0.357 e. The van der Waals surface area contributed by atoms with E-state index < -0.39 is 0 Å². The van der Waals surface area contributed by atoms with E-state index in [2.05, 4.69) is 25.8 Å². The lowest BCUT2D eigenvalue weighted by molar-refractivity contribution is -0.138. The van der Waals surface area contributed by atoms with E-state index >= 15 is 0 Å². The van der Waals surface area contributed by atoms with Crippen molar-refractivity contribution in [1.29, 1.82) is 0 Å². The van der Waals surface area contributed by atoms with E-state index in [1.807, 2.05) is 39.2 Å². The van der Waals surface area contributed by atoms with Gasteiger partial charge >= 0.3 is 0 Å². The zero-order valence-corrected chi connectivity index (χ0v) is 18.0. The van der Waals surface area contributed by atoms with Crippen LogP contribution in [-0.4, -0.2) is 65.6 Å². The van der Waals surface area contributed by atoms with Gasteiger partial charge in [0.2, 0.25) is 5.91 Å². The van der Waals surface area contributed by atoms with Crippen LogP contribution in [0.1, 0.15) is 38.4 Å². The van der Waals surface area contributed by atoms with Crippen LogP contribution in [-0.2, 0) is 11.2 Å². The molecule has 2 heterocycles. The number of aliphatic imine (C=N–C) groups is 1. The second-order valence-electron chi connectivity index (χ2n) is 7.79. The Balaban J connectivity index is 1.58. The van der Waals surface area contributed by atoms with Crippen LogP contribution < -0.4 is 10.6 Å². The van der Waals surface area contributed by atoms with Gasteiger partial charge in [0, 0.05) is 39.8 Å². The van der Waals surface area contributed by atoms with Crippen LogP contribution in [0.25, 0.3) is 11.6 Å². The molecule has 9 nitrogen and oxygen atoms in total. The summed E-state index contributed by atoms with van der Waals surface area (Å²) in [5.41, 5.74) is 0.281. The van der Waals surface area contributed by atoms with Crippen LogP contribution in [0.15, 0.2) is 33.9 Å². The Morgan fingerprint density at radius 2 is 2.07 bits per heavy atom. The second-order valence-corrected chi connectivity index (χ2v) is 7.79. The minimum atomic E-state index is -0.378. The molecule has 0 spiro atoms. The van der Waals surface area contributed by atoms with E-state index in [1.54, 1.807) is 11.1 Å². The number of nitrogens with zero attached hydrogens (tertiary/aromatic N) is 5. The molecule has 0 aliphatic heterocycles. The average Bonchev–Trinajstić information content (AvgIpc) is 3.42. The maximum absolute atomic E-state index is 12.7. The fraction of sp³-hybridized carbons (Fsp3) is 0.571. The smallest absolute Gasteiger partial charge is 0.276 e. The van der Waals surface area contributed by atoms with Crippen LogP contribution in [0.2, 0.25) is 0 Å². The number of hydrogen-bond donors (Lipinski definition) is 2. The summed E-state index contributed by atoms with van der Waals surface area (Å²) in [5, 5.41) is 10.6. The van der Waals surface area contributed by atoms with E-state index in [0.717, 1.165) is 32.2 Å². The first-order valence-corrected chi connectivity index (χ1v) is 10.5. The van der Waals surface area contributed by atoms with Gasteiger partial charge in [0.15, 0.2) is 11.8 Å². The highest BCUT2D eigenvalue weighted by Gasteiger charge is 2.42. The van der Waals surface area contributed by atoms with E-state index in [-0.39, 0.29) is 11.3 Å². The molecule has 1 saturated carbocycles. The molecule has 1 fully saturated rings. The molecule has 1 amide bonds. The molecule has 3 rings (SSSR count). The SMILES string of the molecule is CCNC(=NCC1(C(=O)N(C)C)CCCC1)NCCc1noc(-c2ccccn2)n1. The summed E-state index contributed by atoms with van der Waals surface area (Å²) >= 11 is 0. The monoisotopic (exact) mass is 413 g/mol. The van der Waals surface area contributed by atoms with Crippen molar-refractivity contribution in [3.05, 3.63) is 30.2 Å². The van der Waals surface area contributed by atoms with E-state index in [4.69, 9.17) is 9.52 Å². The van der Waals surface area contributed by atoms with Gasteiger partial charge in [0.25, 0.3) is 5.89 Å². The minimum Gasteiger partial charge on any atom is -0.357 e. The normalized spacial score (nSPS) is 15.8. The van der Waals surface area contributed by atoms with Crippen molar-refractivity contribution < 1.29 is 9.32 Å². The van der Waals surface area contributed by atoms with E-state index in [0.29, 0.717) is 42.9 Å². The van der Waals surface area contributed by atoms with Crippen LogP contribution in [0.3, 0.4) is 0 Å². The van der Waals surface area contributed by atoms with Crippen molar-refractivity contribution in [1.82, 2.24) is 30.7 Å². The quantitative estimate of drug-likeness (QED) is 0.502. The molecular weight excluding hydrogens is 382 g/mol. The van der Waals surface area contributed by atoms with Crippen molar-refractivity contribution in [2.45, 2.75) is 39.0 Å². The summed E-state index contributed by atoms with van der Waals surface area (Å²) in [4.78, 5) is 27.8. The zero-order chi connectivity index (χ0) is 21.4. The van der Waals surface area contributed by atoms with Crippen LogP contribution in [0.5, 0.6) is 0 Å². The maximum Gasteiger partial charge on any atom is 0.276 e. The third-order valence-corrected chi connectivity index (χ3v) is 5.30. The van der Waals surface area contributed by atoms with Gasteiger partial charge in [-0.15, -0.1) is 0 Å². The fourth-order valence-corrected chi connectivity index (χ4v) is 3.78. The Morgan fingerprint density at radius 3 is 2.73 bits per heavy atom. The molecule has 1 aliphatic carbocycles. The van der Waals surface area contributed by atoms with Crippen LogP contribution in [0, 0.1) is 5.41 Å². The third kappa shape index (κ3) is 5.34. The number of carbonyl (C=O) groups is 1. The summed E-state index contributed by atoms with van der Waals surface area (Å²) < 4.78 is 5.29. The third-order valence-electron chi connectivity index (χ3n) is 5.30. The molecule has 0 radical (unpaired) electrons. The number of rotatable bonds is 8. The first kappa shape index (κ1) is 21.7. The first-order chi connectivity index (χ1) is 14.5. The predicted molar refractivity (Wildman–Crippen MR) is 115 cm³/mol. The van der Waals surface area contributed by atoms with Crippen molar-refractivity contribution in [2.24, 2.45) is 10.4 Å². The van der Waals surface area contributed by atoms with Crippen LogP contribution >= 0.6 is 0 Å². The number of carbonyl (C=O) groups excluding carboxylic acids is 1. The highest BCUT2D eigenvalue weighted by atomic mass is 16.5. The highest BCUT2D eigenvalue weighted by molar-refractivity contribution is 5.84. The Labute approximate surface area is 177 Å². The van der Waals surface area contributed by atoms with Crippen molar-refractivity contribution in [3.63, 3.8) is 0 Å². The molecule has 0 aromatic carbocycles. The van der Waals surface area contributed by atoms with Gasteiger partial charge in [-0.25, -0.2) is 0 Å². The number of aromatic nitrogens is 3. The molecule has 2 aromatic heterocycles. The number of nitrogens with one attached hydrogen (secondary N) is 2. The molecule has 162 valence electrons. The molecule has 0 saturated heterocycles. The zero-order valence-electron chi connectivity index (χ0n) is 18.0. The lowest BCUT2D eigenvalue weighted by atomic mass is 9.85. The Morgan fingerprint density at radius 1 is 1.27 bits per heavy atom. The Bertz CT molecular complexity index is 842. The van der Waals surface area contributed by atoms with E-state index in [9.17, 15) is 4.79 Å². The highest BCUT2D eigenvalue weighted by Crippen LogP contribution is 2.39. The molecular formula is C21H31N7O2. The molecule has 0 unspecified atom stereocenters. The summed E-state index contributed by atoms with van der Waals surface area (Å²) in [7, 11) is 3.64. The second kappa shape index (κ2) is 10.2. The number of pyridine rings is 1. The van der Waals surface area contributed by atoms with Gasteiger partial charge in [-0.2, -0.15) is 4.98 Å². The lowest BCUT2D eigenvalue weighted by Crippen LogP contribution is -2.43. The Hall–Kier alpha value is -2.97. The van der Waals surface area contributed by atoms with E-state index in [1.165, 1.54) is 0 Å². The molecule has 30 heavy (non-hydrogen) atoms. The van der Waals surface area contributed by atoms with Gasteiger partial charge < -0.3 is 20.1 Å². The summed E-state index contributed by atoms with van der Waals surface area (Å²) in [6.45, 7) is 3.85. The molecule has 0 bridgehead atoms. The lowest BCUT2D eigenvalue weighted by Gasteiger charge is -2.29. The summed E-state index contributed by atoms with van der Waals surface area (Å²) in [6, 6.07) is 5.55. The predicted octanol–water partition coefficient (Wildman–Crippen LogP) is 1.88. The number of hydrogen-bond acceptors (Lipinski definition) is 6. The fourth-order valence-electron chi connectivity index (χ4n) is 3.78. The summed E-state index contributed by atoms with van der Waals surface area (Å²) in [6.07, 6.45) is 6.23. The Kier molecular flexibility index (Phi) is 7.37. The topological polar surface area (TPSA) is 109 Å². The molecule has 1 aliphatic rings. The minimum absolute atomic E-state index is 0.174. The van der Waals surface area contributed by atoms with Gasteiger partial charge in [-0.1, -0.05) is 24.1 Å². The van der Waals surface area contributed by atoms with Crippen molar-refractivity contribution in [3.8, 4) is 11.6 Å². The standard InChI is InChI=1S/C21H31N7O2/c1-4-22-20(25-15-21(11-6-7-12-21)19(29)28(2)3)24-14-10-17-26-18(30-27-17)16-9-5-8-13-23-16/h5,8-9,13H,4,6-7,10-12,14-15H2,1-3H3,(H2,22,24,25). The van der Waals surface area contributed by atoms with Gasteiger partial charge in [0.05, 0.1) is 12.0 Å². The molecule has 2 N–H and O–H groups in total. The summed E-state index contributed by atoms with van der Waals surface area (Å²) in [5.74, 6) is 1.89. The van der Waals surface area contributed by atoms with Gasteiger partial charge in [0.1, 0.15) is 5.69 Å². The first-order valence-electron chi connectivity index (χ1n) is 10.5. The number of guanidine groups is 1. The van der Waals surface area contributed by atoms with Gasteiger partial charge in [-0.05, 0) is 31.9 Å². The molecule has 0 atom stereocenters.